The van der Waals surface area contributed by atoms with Gasteiger partial charge in [-0.2, -0.15) is 29.6 Å². The first-order chi connectivity index (χ1) is 66.2. The van der Waals surface area contributed by atoms with E-state index in [1.54, 1.807) is 161 Å². The smallest absolute Gasteiger partial charge is 1.00 e. The Kier molecular flexibility index (Phi) is 79.8. The van der Waals surface area contributed by atoms with Gasteiger partial charge in [-0.05, 0) is 182 Å². The summed E-state index contributed by atoms with van der Waals surface area (Å²) in [6.45, 7) is 20.2. The normalized spacial score (nSPS) is 9.95. The zero-order valence-corrected chi connectivity index (χ0v) is 89.9. The van der Waals surface area contributed by atoms with E-state index < -0.39 is 63.6 Å². The first-order valence-electron chi connectivity index (χ1n) is 42.4. The number of halogens is 2. The van der Waals surface area contributed by atoms with Crippen molar-refractivity contribution in [3.8, 4) is 0 Å². The number of ether oxygens (including phenoxy) is 2. The molecule has 5 N–H and O–H groups in total. The van der Waals surface area contributed by atoms with Gasteiger partial charge in [-0.1, -0.05) is 350 Å². The fourth-order valence-corrected chi connectivity index (χ4v) is 11.2. The van der Waals surface area contributed by atoms with Crippen molar-refractivity contribution < 1.29 is 160 Å². The van der Waals surface area contributed by atoms with Gasteiger partial charge in [0.1, 0.15) is 37.8 Å². The minimum Gasteiger partial charge on any atom is -1.00 e. The predicted octanol–water partition coefficient (Wildman–Crippen LogP) is 22.9. The fourth-order valence-electron chi connectivity index (χ4n) is 10.1. The van der Waals surface area contributed by atoms with Gasteiger partial charge >= 0.3 is 110 Å². The molecule has 0 saturated heterocycles. The molecule has 0 aliphatic rings. The maximum absolute atomic E-state index is 11.5. The summed E-state index contributed by atoms with van der Waals surface area (Å²) in [6.07, 6.45) is -2.01. The number of carbonyl (C=O) groups is 7. The van der Waals surface area contributed by atoms with Crippen LogP contribution in [0.25, 0.3) is 0 Å². The maximum atomic E-state index is 11.5. The summed E-state index contributed by atoms with van der Waals surface area (Å²) in [6, 6.07) is 113. The first kappa shape index (κ1) is 141. The molecule has 0 aliphatic heterocycles. The second kappa shape index (κ2) is 82.0. The molecule has 0 fully saturated rings. The summed E-state index contributed by atoms with van der Waals surface area (Å²) in [5.74, 6) is -2.83. The minimum atomic E-state index is -3.11. The van der Waals surface area contributed by atoms with E-state index in [1.165, 1.54) is 23.0 Å². The van der Waals surface area contributed by atoms with Crippen molar-refractivity contribution >= 4 is 124 Å². The number of rotatable bonds is 20. The quantitative estimate of drug-likeness (QED) is 0.0141. The maximum Gasteiger partial charge on any atom is 1.00 e. The van der Waals surface area contributed by atoms with Crippen LogP contribution in [0.1, 0.15) is 197 Å². The zero-order chi connectivity index (χ0) is 103. The molecule has 0 radical (unpaired) electrons. The number of hydrogen-bond donors (Lipinski definition) is 1. The third-order valence-electron chi connectivity index (χ3n) is 17.3. The molecule has 12 rings (SSSR count). The standard InChI is InChI=1S/C21H20N2.C18H22O2.2C14H10O4.C9H12O2.C8H11N.C8H14O6.C7H6O.C6H12N2S3.3CH4.2ClH.Fe.Na.O3S.2H2O.H/c1-17(18-11-5-2-6-12-18)22-23-21(19-13-7-3-8-14-19)20-15-9-4-10-16-20;1-17(2,15-11-7-5-8-12-15)19-20-18(3,4)16-13-9-6-10-14-16;2*15-13(11-7-3-1-4-8-11)17-18-14(16)12-9-5-2-6-10-12;1-9(2,11-10)8-6-4-3-5-7-8;1-9(2)8-6-4-3-5-7-8;1-5(2)11-7(9)13-14-8(10)12-6(3)4;8-6-7-4-2-1-3-5-7;1-7(2)5(9)11-6(10)8(3)4;;;;;;;;1-4(2)3;;;/h2-17,21H,1H3;5-14H,1-4H3;2*1-10H;3-7,10H,1-2H3;3-7H,1-2H3;5-6H,1-4H3;1-6H;1-4H3;3*1H4;2*1H;;;;2*1H2;/q;;;;;;;;;;;;;;+2;+1;;;;-1/p-2. The predicted molar refractivity (Wildman–Crippen MR) is 574 cm³/mol. The number of thioether (sulfide) groups is 1. The van der Waals surface area contributed by atoms with Crippen molar-refractivity contribution in [1.29, 1.82) is 0 Å². The molecule has 0 amide bonds. The molecule has 145 heavy (non-hydrogen) atoms. The molecule has 29 nitrogen and oxygen atoms in total. The monoisotopic (exact) mass is 2160 g/mol. The number of thiocarbonyl (C=S) groups is 2. The Balaban J connectivity index is -0.000000378. The van der Waals surface area contributed by atoms with E-state index in [4.69, 9.17) is 72.3 Å². The number of anilines is 1. The van der Waals surface area contributed by atoms with Crippen molar-refractivity contribution in [3.63, 3.8) is 0 Å². The van der Waals surface area contributed by atoms with Crippen molar-refractivity contribution in [2.24, 2.45) is 10.2 Å². The van der Waals surface area contributed by atoms with E-state index in [0.29, 0.717) is 22.3 Å². The number of carbonyl (C=O) groups excluding carboxylic acids is 7. The number of hydrogen-bond acceptors (Lipinski definition) is 28. The SMILES string of the molecule is C.C.C.CC(C)(OO)c1ccccc1.CC(C)(OOC(C)(C)c1ccccc1)c1ccccc1.CC(C)OC(=O)OOC(=O)OC(C)C.CC(N=NC(c1ccccc1)c1ccccc1)c1ccccc1.CN(C)C(=S)SC(=S)N(C)C.CN(C)c1ccccc1.O.O.O=C(OOC(=O)c1ccccc1)c1ccccc1.O=C(OOC(=O)c1ccccc1)c1ccccc1.O=Cc1ccccc1.O=S(=O)=O.[Cl][Fe][Cl].[H-].[Na+]. The molecule has 1 atom stereocenters. The van der Waals surface area contributed by atoms with Gasteiger partial charge in [-0.3, -0.25) is 10.1 Å². The summed E-state index contributed by atoms with van der Waals surface area (Å²) in [7, 11) is 18.1. The van der Waals surface area contributed by atoms with Gasteiger partial charge in [0.25, 0.3) is 0 Å². The largest absolute Gasteiger partial charge is 1.00 e. The van der Waals surface area contributed by atoms with Gasteiger partial charge in [0, 0.05) is 53.5 Å². The van der Waals surface area contributed by atoms with E-state index in [0.717, 1.165) is 48.3 Å². The molecule has 37 heteroatoms. The summed E-state index contributed by atoms with van der Waals surface area (Å²) < 4.78 is 35.9. The molecule has 0 saturated carbocycles. The van der Waals surface area contributed by atoms with Crippen LogP contribution in [-0.4, -0.2) is 144 Å². The Bertz CT molecular complexity index is 5280. The van der Waals surface area contributed by atoms with Gasteiger partial charge in [0.2, 0.25) is 0 Å². The molecule has 0 spiro atoms. The summed E-state index contributed by atoms with van der Waals surface area (Å²) >= 11 is 11.7. The van der Waals surface area contributed by atoms with Crippen LogP contribution in [0.5, 0.6) is 0 Å². The third-order valence-corrected chi connectivity index (χ3v) is 19.7. The van der Waals surface area contributed by atoms with Crippen LogP contribution in [0.3, 0.4) is 0 Å². The second-order valence-corrected chi connectivity index (χ2v) is 35.3. The van der Waals surface area contributed by atoms with Crippen LogP contribution in [0, 0.1) is 0 Å². The Morgan fingerprint density at radius 3 is 0.814 bits per heavy atom. The van der Waals surface area contributed by atoms with E-state index in [9.17, 15) is 33.6 Å². The van der Waals surface area contributed by atoms with Crippen molar-refractivity contribution in [2.45, 2.75) is 140 Å². The second-order valence-electron chi connectivity index (χ2n) is 30.8. The molecule has 0 heterocycles. The van der Waals surface area contributed by atoms with Crippen LogP contribution >= 0.6 is 56.4 Å². The Morgan fingerprint density at radius 2 is 0.600 bits per heavy atom. The molecule has 0 aliphatic carbocycles. The first-order valence-corrected chi connectivity index (χ1v) is 48.1. The van der Waals surface area contributed by atoms with Crippen LogP contribution in [0.2, 0.25) is 0 Å². The van der Waals surface area contributed by atoms with Crippen molar-refractivity contribution in [1.82, 2.24) is 9.80 Å². The van der Waals surface area contributed by atoms with E-state index in [2.05, 4.69) is 114 Å². The molecule has 0 aromatic heterocycles. The van der Waals surface area contributed by atoms with Gasteiger partial charge < -0.3 is 36.6 Å². The molecule has 782 valence electrons. The summed E-state index contributed by atoms with van der Waals surface area (Å²) in [5.41, 5.74) is 8.28. The van der Waals surface area contributed by atoms with Gasteiger partial charge in [-0.25, -0.2) is 53.4 Å². The number of para-hydroxylation sites is 1. The van der Waals surface area contributed by atoms with Gasteiger partial charge in [-0.15, -0.1) is 12.6 Å². The molecule has 12 aromatic rings. The number of azo groups is 1. The van der Waals surface area contributed by atoms with Gasteiger partial charge in [0.05, 0.1) is 40.5 Å². The fraction of sp³-hybridized carbons (Fsp3) is 0.250. The number of benzene rings is 12. The molecular weight excluding hydrogens is 2030 g/mol. The Hall–Kier alpha value is -12.3. The van der Waals surface area contributed by atoms with Crippen LogP contribution in [0.4, 0.5) is 15.3 Å². The molecule has 12 aromatic carbocycles. The van der Waals surface area contributed by atoms with E-state index in [-0.39, 0.29) is 102 Å². The van der Waals surface area contributed by atoms with Crippen molar-refractivity contribution in [3.05, 3.63) is 425 Å². The molecule has 0 bridgehead atoms. The summed E-state index contributed by atoms with van der Waals surface area (Å²) in [5, 5.41) is 17.8. The summed E-state index contributed by atoms with van der Waals surface area (Å²) in [4.78, 5) is 125. The zero-order valence-electron chi connectivity index (χ0n) is 83.0. The van der Waals surface area contributed by atoms with Crippen molar-refractivity contribution in [2.75, 3.05) is 47.2 Å². The van der Waals surface area contributed by atoms with Crippen LogP contribution in [-0.2, 0) is 94.0 Å². The number of nitrogens with zero attached hydrogens (tertiary/aromatic N) is 5. The van der Waals surface area contributed by atoms with Crippen LogP contribution < -0.4 is 34.5 Å². The average molecular weight is 2160 g/mol. The molecular formula is C108H134Cl2FeN5NaO24S4. The van der Waals surface area contributed by atoms with Gasteiger partial charge in [0.15, 0.2) is 0 Å². The topological polar surface area (TPSA) is 390 Å². The Morgan fingerprint density at radius 1 is 0.379 bits per heavy atom. The molecule has 1 unspecified atom stereocenters. The van der Waals surface area contributed by atoms with E-state index in [1.807, 2.05) is 276 Å². The minimum absolute atomic E-state index is 0. The number of aldehydes is 1. The third kappa shape index (κ3) is 64.3. The van der Waals surface area contributed by atoms with E-state index >= 15 is 0 Å². The Labute approximate surface area is 908 Å². The van der Waals surface area contributed by atoms with Crippen LogP contribution in [0.15, 0.2) is 374 Å². The average Bonchev–Trinajstić information content (AvgIpc) is 0.823.